The summed E-state index contributed by atoms with van der Waals surface area (Å²) in [7, 11) is 0. The fourth-order valence-corrected chi connectivity index (χ4v) is 1.24. The summed E-state index contributed by atoms with van der Waals surface area (Å²) in [5, 5.41) is 3.08. The topological polar surface area (TPSA) is 42.0 Å². The van der Waals surface area contributed by atoms with Gasteiger partial charge in [-0.15, -0.1) is 0 Å². The van der Waals surface area contributed by atoms with Crippen molar-refractivity contribution in [3.63, 3.8) is 0 Å². The minimum Gasteiger partial charge on any atom is -0.346 e. The molecule has 1 aliphatic heterocycles. The van der Waals surface area contributed by atoms with Crippen LogP contribution >= 0.6 is 11.6 Å². The Labute approximate surface area is 68.4 Å². The number of hydrogen-bond acceptors (Lipinski definition) is 2. The number of carbonyl (C=O) groups excluding carboxylic acids is 1. The van der Waals surface area contributed by atoms with Gasteiger partial charge in [0.25, 0.3) is 5.91 Å². The number of aromatic nitrogens is 1. The molecule has 0 radical (unpaired) electrons. The number of fused-ring (bicyclic) bond motifs is 1. The summed E-state index contributed by atoms with van der Waals surface area (Å²) in [6.07, 6.45) is 0. The SMILES string of the molecule is O=C1NCc2nc(Cl)ccc21. The van der Waals surface area contributed by atoms with E-state index in [1.165, 1.54) is 0 Å². The van der Waals surface area contributed by atoms with E-state index in [-0.39, 0.29) is 5.91 Å². The highest BCUT2D eigenvalue weighted by Gasteiger charge is 2.19. The zero-order valence-corrected chi connectivity index (χ0v) is 6.35. The van der Waals surface area contributed by atoms with E-state index in [2.05, 4.69) is 10.3 Å². The van der Waals surface area contributed by atoms with Crippen molar-refractivity contribution in [2.75, 3.05) is 0 Å². The van der Waals surface area contributed by atoms with Gasteiger partial charge in [-0.2, -0.15) is 0 Å². The van der Waals surface area contributed by atoms with Gasteiger partial charge in [0.15, 0.2) is 0 Å². The summed E-state index contributed by atoms with van der Waals surface area (Å²) in [6, 6.07) is 3.30. The van der Waals surface area contributed by atoms with Crippen LogP contribution in [0.2, 0.25) is 5.15 Å². The second-order valence-corrected chi connectivity index (χ2v) is 2.70. The highest BCUT2D eigenvalue weighted by molar-refractivity contribution is 6.29. The number of pyridine rings is 1. The first-order chi connectivity index (χ1) is 5.27. The summed E-state index contributed by atoms with van der Waals surface area (Å²) in [5.41, 5.74) is 1.37. The minimum absolute atomic E-state index is 0.0656. The third-order valence-electron chi connectivity index (χ3n) is 1.60. The first kappa shape index (κ1) is 6.61. The molecule has 2 heterocycles. The van der Waals surface area contributed by atoms with E-state index in [1.54, 1.807) is 12.1 Å². The molecule has 56 valence electrons. The van der Waals surface area contributed by atoms with E-state index in [1.807, 2.05) is 0 Å². The number of nitrogens with one attached hydrogen (secondary N) is 1. The predicted molar refractivity (Wildman–Crippen MR) is 40.4 cm³/mol. The van der Waals surface area contributed by atoms with Gasteiger partial charge in [0.1, 0.15) is 5.15 Å². The van der Waals surface area contributed by atoms with Crippen LogP contribution in [0.1, 0.15) is 16.1 Å². The summed E-state index contributed by atoms with van der Waals surface area (Å²) < 4.78 is 0. The Bertz CT molecular complexity index is 324. The van der Waals surface area contributed by atoms with Crippen LogP contribution in [0.25, 0.3) is 0 Å². The third-order valence-corrected chi connectivity index (χ3v) is 1.81. The zero-order chi connectivity index (χ0) is 7.84. The maximum atomic E-state index is 11.0. The van der Waals surface area contributed by atoms with Crippen molar-refractivity contribution in [3.05, 3.63) is 28.5 Å². The number of amides is 1. The second kappa shape index (κ2) is 2.20. The number of hydrogen-bond donors (Lipinski definition) is 1. The van der Waals surface area contributed by atoms with Gasteiger partial charge in [-0.3, -0.25) is 4.79 Å². The maximum Gasteiger partial charge on any atom is 0.253 e. The van der Waals surface area contributed by atoms with E-state index in [0.29, 0.717) is 17.3 Å². The molecule has 1 aromatic heterocycles. The van der Waals surface area contributed by atoms with Gasteiger partial charge in [0.2, 0.25) is 0 Å². The molecule has 1 aromatic rings. The van der Waals surface area contributed by atoms with Crippen molar-refractivity contribution in [3.8, 4) is 0 Å². The van der Waals surface area contributed by atoms with Gasteiger partial charge < -0.3 is 5.32 Å². The highest BCUT2D eigenvalue weighted by atomic mass is 35.5. The molecule has 0 unspecified atom stereocenters. The van der Waals surface area contributed by atoms with E-state index >= 15 is 0 Å². The lowest BCUT2D eigenvalue weighted by atomic mass is 10.2. The average molecular weight is 169 g/mol. The van der Waals surface area contributed by atoms with Crippen molar-refractivity contribution >= 4 is 17.5 Å². The van der Waals surface area contributed by atoms with Crippen LogP contribution in [0, 0.1) is 0 Å². The number of carbonyl (C=O) groups is 1. The van der Waals surface area contributed by atoms with Gasteiger partial charge in [0.05, 0.1) is 17.8 Å². The summed E-state index contributed by atoms with van der Waals surface area (Å²) in [5.74, 6) is -0.0656. The van der Waals surface area contributed by atoms with Crippen LogP contribution in [0.15, 0.2) is 12.1 Å². The van der Waals surface area contributed by atoms with Crippen molar-refractivity contribution < 1.29 is 4.79 Å². The minimum atomic E-state index is -0.0656. The molecule has 0 aromatic carbocycles. The number of halogens is 1. The fraction of sp³-hybridized carbons (Fsp3) is 0.143. The van der Waals surface area contributed by atoms with Crippen LogP contribution in [-0.2, 0) is 6.54 Å². The van der Waals surface area contributed by atoms with Crippen LogP contribution in [0.4, 0.5) is 0 Å². The monoisotopic (exact) mass is 168 g/mol. The van der Waals surface area contributed by atoms with E-state index in [0.717, 1.165) is 5.69 Å². The van der Waals surface area contributed by atoms with E-state index in [4.69, 9.17) is 11.6 Å². The number of rotatable bonds is 0. The fourth-order valence-electron chi connectivity index (χ4n) is 1.08. The van der Waals surface area contributed by atoms with Gasteiger partial charge in [-0.1, -0.05) is 11.6 Å². The largest absolute Gasteiger partial charge is 0.346 e. The Morgan fingerprint density at radius 3 is 3.18 bits per heavy atom. The van der Waals surface area contributed by atoms with Crippen LogP contribution in [0.5, 0.6) is 0 Å². The molecule has 2 rings (SSSR count). The normalized spacial score (nSPS) is 14.5. The number of nitrogens with zero attached hydrogens (tertiary/aromatic N) is 1. The molecule has 0 spiro atoms. The highest BCUT2D eigenvalue weighted by Crippen LogP contribution is 2.15. The van der Waals surface area contributed by atoms with Gasteiger partial charge in [-0.25, -0.2) is 4.98 Å². The lowest BCUT2D eigenvalue weighted by molar-refractivity contribution is 0.0966. The molecule has 0 fully saturated rings. The van der Waals surface area contributed by atoms with E-state index < -0.39 is 0 Å². The average Bonchev–Trinajstić information content (AvgIpc) is 2.32. The molecule has 1 N–H and O–H groups in total. The molecule has 0 bridgehead atoms. The summed E-state index contributed by atoms with van der Waals surface area (Å²) in [4.78, 5) is 15.0. The molecule has 1 aliphatic rings. The molecule has 1 amide bonds. The van der Waals surface area contributed by atoms with Gasteiger partial charge in [0, 0.05) is 0 Å². The maximum absolute atomic E-state index is 11.0. The second-order valence-electron chi connectivity index (χ2n) is 2.31. The van der Waals surface area contributed by atoms with Gasteiger partial charge >= 0.3 is 0 Å². The Hall–Kier alpha value is -1.09. The summed E-state index contributed by atoms with van der Waals surface area (Å²) in [6.45, 7) is 0.495. The van der Waals surface area contributed by atoms with Crippen LogP contribution < -0.4 is 5.32 Å². The summed E-state index contributed by atoms with van der Waals surface area (Å²) >= 11 is 5.62. The Morgan fingerprint density at radius 2 is 2.36 bits per heavy atom. The quantitative estimate of drug-likeness (QED) is 0.587. The Kier molecular flexibility index (Phi) is 1.32. The smallest absolute Gasteiger partial charge is 0.253 e. The molecular weight excluding hydrogens is 164 g/mol. The Balaban J connectivity index is 2.59. The molecule has 0 saturated carbocycles. The molecule has 0 aliphatic carbocycles. The van der Waals surface area contributed by atoms with Crippen molar-refractivity contribution in [1.29, 1.82) is 0 Å². The van der Waals surface area contributed by atoms with Crippen LogP contribution in [-0.4, -0.2) is 10.9 Å². The van der Waals surface area contributed by atoms with Crippen molar-refractivity contribution in [2.24, 2.45) is 0 Å². The standard InChI is InChI=1S/C7H5ClN2O/c8-6-2-1-4-5(10-6)3-9-7(4)11/h1-2H,3H2,(H,9,11). The van der Waals surface area contributed by atoms with Gasteiger partial charge in [-0.05, 0) is 12.1 Å². The zero-order valence-electron chi connectivity index (χ0n) is 5.60. The lowest BCUT2D eigenvalue weighted by Gasteiger charge is -1.93. The predicted octanol–water partition coefficient (Wildman–Crippen LogP) is 0.978. The first-order valence-electron chi connectivity index (χ1n) is 3.21. The van der Waals surface area contributed by atoms with Crippen molar-refractivity contribution in [2.45, 2.75) is 6.54 Å². The van der Waals surface area contributed by atoms with Crippen molar-refractivity contribution in [1.82, 2.24) is 10.3 Å². The molecule has 0 atom stereocenters. The molecule has 3 nitrogen and oxygen atoms in total. The molecule has 11 heavy (non-hydrogen) atoms. The molecule has 4 heteroatoms. The van der Waals surface area contributed by atoms with E-state index in [9.17, 15) is 4.79 Å². The first-order valence-corrected chi connectivity index (χ1v) is 3.59. The van der Waals surface area contributed by atoms with Crippen LogP contribution in [0.3, 0.4) is 0 Å². The molecule has 0 saturated heterocycles. The Morgan fingerprint density at radius 1 is 1.55 bits per heavy atom. The third kappa shape index (κ3) is 0.973. The lowest BCUT2D eigenvalue weighted by Crippen LogP contribution is -2.12. The molecular formula is C7H5ClN2O.